The number of carboxylic acid groups (broad SMARTS) is 1. The number of rotatable bonds is 4. The second kappa shape index (κ2) is 5.33. The molecule has 1 atom stereocenters. The van der Waals surface area contributed by atoms with Crippen LogP contribution in [-0.2, 0) is 11.2 Å². The smallest absolute Gasteiger partial charge is 0.312 e. The van der Waals surface area contributed by atoms with Crippen molar-refractivity contribution in [3.8, 4) is 5.75 Å². The van der Waals surface area contributed by atoms with Crippen LogP contribution in [0.25, 0.3) is 0 Å². The van der Waals surface area contributed by atoms with E-state index >= 15 is 0 Å². The fourth-order valence-corrected chi connectivity index (χ4v) is 3.41. The largest absolute Gasteiger partial charge is 0.497 e. The fourth-order valence-electron chi connectivity index (χ4n) is 2.36. The molecule has 1 aliphatic rings. The number of ether oxygens (including phenoxy) is 1. The van der Waals surface area contributed by atoms with Crippen LogP contribution in [0.3, 0.4) is 0 Å². The lowest BCUT2D eigenvalue weighted by atomic mass is 10.1. The molecule has 2 aromatic rings. The molecule has 7 heteroatoms. The lowest BCUT2D eigenvalue weighted by Crippen LogP contribution is -2.08. The number of carbonyl (C=O) groups is 1. The standard InChI is InChI=1S/C14H13FN2O3S/c1-20-7-2-4-9(15)10(6-7)16-14-17-12-8(13(18)19)3-5-11(12)21-14/h2,4,6,8H,3,5H2,1H3,(H,16,17)(H,18,19). The Morgan fingerprint density at radius 3 is 3.10 bits per heavy atom. The zero-order valence-corrected chi connectivity index (χ0v) is 12.0. The Labute approximate surface area is 124 Å². The number of hydrogen-bond acceptors (Lipinski definition) is 5. The van der Waals surface area contributed by atoms with Crippen LogP contribution in [0.5, 0.6) is 5.75 Å². The van der Waals surface area contributed by atoms with Gasteiger partial charge >= 0.3 is 5.97 Å². The summed E-state index contributed by atoms with van der Waals surface area (Å²) in [5.74, 6) is -1.30. The summed E-state index contributed by atoms with van der Waals surface area (Å²) in [7, 11) is 1.51. The molecule has 0 fully saturated rings. The first-order chi connectivity index (χ1) is 10.1. The highest BCUT2D eigenvalue weighted by molar-refractivity contribution is 7.15. The average Bonchev–Trinajstić information content (AvgIpc) is 3.00. The topological polar surface area (TPSA) is 71.5 Å². The molecule has 0 amide bonds. The van der Waals surface area contributed by atoms with Crippen LogP contribution in [0.1, 0.15) is 22.9 Å². The first kappa shape index (κ1) is 13.8. The van der Waals surface area contributed by atoms with E-state index in [0.717, 1.165) is 4.88 Å². The van der Waals surface area contributed by atoms with Gasteiger partial charge in [0.05, 0.1) is 18.5 Å². The third-order valence-electron chi connectivity index (χ3n) is 3.43. The van der Waals surface area contributed by atoms with Gasteiger partial charge in [0, 0.05) is 10.9 Å². The lowest BCUT2D eigenvalue weighted by Gasteiger charge is -2.07. The number of nitrogens with zero attached hydrogens (tertiary/aromatic N) is 1. The first-order valence-corrected chi connectivity index (χ1v) is 7.23. The number of aryl methyl sites for hydroxylation is 1. The highest BCUT2D eigenvalue weighted by Crippen LogP contribution is 2.39. The van der Waals surface area contributed by atoms with Gasteiger partial charge in [0.1, 0.15) is 17.5 Å². The van der Waals surface area contributed by atoms with Crippen LogP contribution in [0.2, 0.25) is 0 Å². The van der Waals surface area contributed by atoms with Crippen LogP contribution >= 0.6 is 11.3 Å². The van der Waals surface area contributed by atoms with Gasteiger partial charge in [-0.25, -0.2) is 9.37 Å². The molecule has 21 heavy (non-hydrogen) atoms. The van der Waals surface area contributed by atoms with E-state index in [1.165, 1.54) is 36.6 Å². The maximum Gasteiger partial charge on any atom is 0.312 e. The molecular weight excluding hydrogens is 295 g/mol. The molecule has 1 aromatic heterocycles. The van der Waals surface area contributed by atoms with Gasteiger partial charge in [0.15, 0.2) is 5.13 Å². The van der Waals surface area contributed by atoms with Crippen LogP contribution < -0.4 is 10.1 Å². The SMILES string of the molecule is COc1ccc(F)c(Nc2nc3c(s2)CCC3C(=O)O)c1. The van der Waals surface area contributed by atoms with Crippen molar-refractivity contribution in [1.29, 1.82) is 0 Å². The highest BCUT2D eigenvalue weighted by Gasteiger charge is 2.32. The number of methoxy groups -OCH3 is 1. The van der Waals surface area contributed by atoms with Crippen molar-refractivity contribution in [2.75, 3.05) is 12.4 Å². The van der Waals surface area contributed by atoms with E-state index in [4.69, 9.17) is 9.84 Å². The Bertz CT molecular complexity index is 702. The summed E-state index contributed by atoms with van der Waals surface area (Å²) in [6, 6.07) is 4.38. The van der Waals surface area contributed by atoms with E-state index < -0.39 is 17.7 Å². The summed E-state index contributed by atoms with van der Waals surface area (Å²) in [5.41, 5.74) is 0.854. The highest BCUT2D eigenvalue weighted by atomic mass is 32.1. The minimum atomic E-state index is -0.863. The minimum absolute atomic E-state index is 0.258. The van der Waals surface area contributed by atoms with E-state index in [2.05, 4.69) is 10.3 Å². The number of aromatic nitrogens is 1. The van der Waals surface area contributed by atoms with Crippen LogP contribution in [-0.4, -0.2) is 23.2 Å². The first-order valence-electron chi connectivity index (χ1n) is 6.41. The van der Waals surface area contributed by atoms with Crippen LogP contribution in [0, 0.1) is 5.82 Å². The quantitative estimate of drug-likeness (QED) is 0.908. The Kier molecular flexibility index (Phi) is 3.50. The number of nitrogens with one attached hydrogen (secondary N) is 1. The molecule has 0 spiro atoms. The molecule has 0 saturated carbocycles. The summed E-state index contributed by atoms with van der Waals surface area (Å²) in [4.78, 5) is 16.4. The zero-order valence-electron chi connectivity index (χ0n) is 11.2. The summed E-state index contributed by atoms with van der Waals surface area (Å²) >= 11 is 1.37. The molecule has 0 saturated heterocycles. The molecule has 1 heterocycles. The average molecular weight is 308 g/mol. The molecule has 0 radical (unpaired) electrons. The number of fused-ring (bicyclic) bond motifs is 1. The molecule has 1 unspecified atom stereocenters. The van der Waals surface area contributed by atoms with Gasteiger partial charge in [-0.2, -0.15) is 0 Å². The number of carboxylic acids is 1. The van der Waals surface area contributed by atoms with Crippen molar-refractivity contribution in [2.45, 2.75) is 18.8 Å². The van der Waals surface area contributed by atoms with Crippen molar-refractivity contribution in [3.63, 3.8) is 0 Å². The van der Waals surface area contributed by atoms with Gasteiger partial charge in [-0.05, 0) is 25.0 Å². The summed E-state index contributed by atoms with van der Waals surface area (Å²) in [5, 5.41) is 12.5. The second-order valence-electron chi connectivity index (χ2n) is 4.73. The summed E-state index contributed by atoms with van der Waals surface area (Å²) < 4.78 is 18.8. The van der Waals surface area contributed by atoms with Gasteiger partial charge < -0.3 is 15.2 Å². The Morgan fingerprint density at radius 1 is 1.57 bits per heavy atom. The molecule has 110 valence electrons. The van der Waals surface area contributed by atoms with Crippen LogP contribution in [0.15, 0.2) is 18.2 Å². The monoisotopic (exact) mass is 308 g/mol. The van der Waals surface area contributed by atoms with Crippen molar-refractivity contribution in [2.24, 2.45) is 0 Å². The molecule has 0 bridgehead atoms. The fraction of sp³-hybridized carbons (Fsp3) is 0.286. The Hall–Kier alpha value is -2.15. The number of hydrogen-bond donors (Lipinski definition) is 2. The summed E-state index contributed by atoms with van der Waals surface area (Å²) in [6.45, 7) is 0. The Balaban J connectivity index is 1.87. The van der Waals surface area contributed by atoms with E-state index in [1.54, 1.807) is 0 Å². The predicted octanol–water partition coefficient (Wildman–Crippen LogP) is 3.15. The molecule has 5 nitrogen and oxygen atoms in total. The number of aliphatic carboxylic acids is 1. The molecule has 0 aliphatic heterocycles. The molecular formula is C14H13FN2O3S. The van der Waals surface area contributed by atoms with Crippen LogP contribution in [0.4, 0.5) is 15.2 Å². The molecule has 1 aromatic carbocycles. The second-order valence-corrected chi connectivity index (χ2v) is 5.81. The third kappa shape index (κ3) is 2.56. The van der Waals surface area contributed by atoms with Gasteiger partial charge in [-0.3, -0.25) is 4.79 Å². The number of halogens is 1. The lowest BCUT2D eigenvalue weighted by molar-refractivity contribution is -0.138. The van der Waals surface area contributed by atoms with Crippen molar-refractivity contribution < 1.29 is 19.0 Å². The number of benzene rings is 1. The Morgan fingerprint density at radius 2 is 2.38 bits per heavy atom. The maximum absolute atomic E-state index is 13.8. The van der Waals surface area contributed by atoms with Gasteiger partial charge in [0.2, 0.25) is 0 Å². The molecule has 3 rings (SSSR count). The molecule has 1 aliphatic carbocycles. The van der Waals surface area contributed by atoms with Crippen molar-refractivity contribution in [1.82, 2.24) is 4.98 Å². The predicted molar refractivity (Wildman–Crippen MR) is 77.0 cm³/mol. The number of thiazole rings is 1. The van der Waals surface area contributed by atoms with E-state index in [-0.39, 0.29) is 5.69 Å². The van der Waals surface area contributed by atoms with Crippen molar-refractivity contribution >= 4 is 28.1 Å². The van der Waals surface area contributed by atoms with Gasteiger partial charge in [0.25, 0.3) is 0 Å². The van der Waals surface area contributed by atoms with Crippen molar-refractivity contribution in [3.05, 3.63) is 34.6 Å². The minimum Gasteiger partial charge on any atom is -0.497 e. The summed E-state index contributed by atoms with van der Waals surface area (Å²) in [6.07, 6.45) is 1.28. The third-order valence-corrected chi connectivity index (χ3v) is 4.48. The van der Waals surface area contributed by atoms with Gasteiger partial charge in [-0.1, -0.05) is 0 Å². The van der Waals surface area contributed by atoms with E-state index in [9.17, 15) is 9.18 Å². The normalized spacial score (nSPS) is 16.6. The zero-order chi connectivity index (χ0) is 15.0. The van der Waals surface area contributed by atoms with E-state index in [1.807, 2.05) is 0 Å². The molecule has 2 N–H and O–H groups in total. The van der Waals surface area contributed by atoms with E-state index in [0.29, 0.717) is 29.4 Å². The number of anilines is 2. The van der Waals surface area contributed by atoms with Gasteiger partial charge in [-0.15, -0.1) is 11.3 Å². The maximum atomic E-state index is 13.8.